The molecule has 2 atom stereocenters. The Bertz CT molecular complexity index is 317. The first-order chi connectivity index (χ1) is 10.4. The number of nitrogens with one attached hydrogen (secondary N) is 2. The minimum Gasteiger partial charge on any atom is -0.391 e. The predicted octanol–water partition coefficient (Wildman–Crippen LogP) is 0.719. The second kappa shape index (κ2) is 10.0. The molecule has 0 aliphatic carbocycles. The van der Waals surface area contributed by atoms with Crippen molar-refractivity contribution in [3.8, 4) is 0 Å². The summed E-state index contributed by atoms with van der Waals surface area (Å²) in [7, 11) is 2.15. The van der Waals surface area contributed by atoms with Crippen LogP contribution < -0.4 is 10.6 Å². The Balaban J connectivity index is 2.33. The quantitative estimate of drug-likeness (QED) is 0.617. The van der Waals surface area contributed by atoms with Gasteiger partial charge in [-0.15, -0.1) is 0 Å². The van der Waals surface area contributed by atoms with Gasteiger partial charge in [0.25, 0.3) is 0 Å². The molecule has 1 heterocycles. The standard InChI is InChI=1S/C16H34N4O2/c1-5-6-14(21)11-17-16(22)18-12-15(13(2)3)20-9-7-19(4)8-10-20/h13-15,21H,5-12H2,1-4H3,(H2,17,18,22). The smallest absolute Gasteiger partial charge is 0.314 e. The lowest BCUT2D eigenvalue weighted by Crippen LogP contribution is -2.55. The van der Waals surface area contributed by atoms with Crippen LogP contribution >= 0.6 is 0 Å². The highest BCUT2D eigenvalue weighted by molar-refractivity contribution is 5.73. The van der Waals surface area contributed by atoms with Gasteiger partial charge in [0.15, 0.2) is 0 Å². The van der Waals surface area contributed by atoms with Crippen molar-refractivity contribution in [3.05, 3.63) is 0 Å². The molecule has 0 aromatic carbocycles. The van der Waals surface area contributed by atoms with Crippen LogP contribution in [0, 0.1) is 5.92 Å². The van der Waals surface area contributed by atoms with Crippen LogP contribution in [-0.4, -0.2) is 79.4 Å². The maximum Gasteiger partial charge on any atom is 0.314 e. The van der Waals surface area contributed by atoms with Crippen LogP contribution in [0.2, 0.25) is 0 Å². The second-order valence-electron chi connectivity index (χ2n) is 6.68. The molecule has 6 nitrogen and oxygen atoms in total. The summed E-state index contributed by atoms with van der Waals surface area (Å²) in [6.07, 6.45) is 1.19. The third kappa shape index (κ3) is 6.94. The molecule has 1 aliphatic heterocycles. The number of carbonyl (C=O) groups excluding carboxylic acids is 1. The zero-order valence-corrected chi connectivity index (χ0v) is 14.6. The van der Waals surface area contributed by atoms with Crippen molar-refractivity contribution in [2.75, 3.05) is 46.3 Å². The van der Waals surface area contributed by atoms with Crippen LogP contribution in [0.15, 0.2) is 0 Å². The monoisotopic (exact) mass is 314 g/mol. The number of rotatable bonds is 8. The third-order valence-electron chi connectivity index (χ3n) is 4.37. The average Bonchev–Trinajstić information content (AvgIpc) is 2.47. The van der Waals surface area contributed by atoms with E-state index < -0.39 is 6.10 Å². The Labute approximate surface area is 135 Å². The van der Waals surface area contributed by atoms with E-state index in [1.54, 1.807) is 0 Å². The molecule has 0 spiro atoms. The fourth-order valence-corrected chi connectivity index (χ4v) is 2.85. The van der Waals surface area contributed by atoms with Crippen molar-refractivity contribution in [2.24, 2.45) is 5.92 Å². The number of carbonyl (C=O) groups is 1. The van der Waals surface area contributed by atoms with Crippen LogP contribution in [0.4, 0.5) is 4.79 Å². The number of piperazine rings is 1. The molecule has 3 N–H and O–H groups in total. The molecule has 2 amide bonds. The van der Waals surface area contributed by atoms with E-state index in [1.165, 1.54) is 0 Å². The molecular formula is C16H34N4O2. The summed E-state index contributed by atoms with van der Waals surface area (Å²) < 4.78 is 0. The van der Waals surface area contributed by atoms with E-state index in [1.807, 2.05) is 6.92 Å². The van der Waals surface area contributed by atoms with Gasteiger partial charge in [-0.05, 0) is 19.4 Å². The number of amides is 2. The van der Waals surface area contributed by atoms with Gasteiger partial charge in [-0.3, -0.25) is 4.90 Å². The zero-order valence-electron chi connectivity index (χ0n) is 14.6. The van der Waals surface area contributed by atoms with Crippen LogP contribution in [0.1, 0.15) is 33.6 Å². The van der Waals surface area contributed by atoms with E-state index in [-0.39, 0.29) is 6.03 Å². The van der Waals surface area contributed by atoms with Gasteiger partial charge < -0.3 is 20.6 Å². The average molecular weight is 314 g/mol. The fourth-order valence-electron chi connectivity index (χ4n) is 2.85. The molecule has 0 aromatic rings. The first-order valence-electron chi connectivity index (χ1n) is 8.56. The molecule has 1 fully saturated rings. The van der Waals surface area contributed by atoms with E-state index in [4.69, 9.17) is 0 Å². The zero-order chi connectivity index (χ0) is 16.5. The summed E-state index contributed by atoms with van der Waals surface area (Å²) in [5.74, 6) is 0.495. The topological polar surface area (TPSA) is 67.8 Å². The van der Waals surface area contributed by atoms with Gasteiger partial charge in [-0.1, -0.05) is 27.2 Å². The number of aliphatic hydroxyl groups is 1. The number of hydrogen-bond acceptors (Lipinski definition) is 4. The summed E-state index contributed by atoms with van der Waals surface area (Å²) in [6, 6.07) is 0.176. The minimum absolute atomic E-state index is 0.185. The Morgan fingerprint density at radius 2 is 1.73 bits per heavy atom. The van der Waals surface area contributed by atoms with Gasteiger partial charge in [-0.25, -0.2) is 4.79 Å². The molecule has 1 saturated heterocycles. The lowest BCUT2D eigenvalue weighted by molar-refractivity contribution is 0.0885. The highest BCUT2D eigenvalue weighted by atomic mass is 16.3. The van der Waals surface area contributed by atoms with Crippen LogP contribution in [-0.2, 0) is 0 Å². The number of nitrogens with zero attached hydrogens (tertiary/aromatic N) is 2. The molecule has 0 radical (unpaired) electrons. The van der Waals surface area contributed by atoms with Gasteiger partial charge in [-0.2, -0.15) is 0 Å². The second-order valence-corrected chi connectivity index (χ2v) is 6.68. The first-order valence-corrected chi connectivity index (χ1v) is 8.56. The van der Waals surface area contributed by atoms with Crippen molar-refractivity contribution < 1.29 is 9.90 Å². The Hall–Kier alpha value is -0.850. The lowest BCUT2D eigenvalue weighted by atomic mass is 10.0. The molecule has 6 heteroatoms. The van der Waals surface area contributed by atoms with Gasteiger partial charge >= 0.3 is 6.03 Å². The Morgan fingerprint density at radius 3 is 2.27 bits per heavy atom. The van der Waals surface area contributed by atoms with Crippen LogP contribution in [0.3, 0.4) is 0 Å². The van der Waals surface area contributed by atoms with E-state index in [0.29, 0.717) is 25.0 Å². The van der Waals surface area contributed by atoms with Crippen molar-refractivity contribution in [3.63, 3.8) is 0 Å². The lowest BCUT2D eigenvalue weighted by Gasteiger charge is -2.39. The summed E-state index contributed by atoms with van der Waals surface area (Å²) in [5, 5.41) is 15.3. The molecule has 130 valence electrons. The van der Waals surface area contributed by atoms with E-state index in [9.17, 15) is 9.90 Å². The van der Waals surface area contributed by atoms with Gasteiger partial charge in [0, 0.05) is 45.3 Å². The van der Waals surface area contributed by atoms with Crippen molar-refractivity contribution in [1.29, 1.82) is 0 Å². The third-order valence-corrected chi connectivity index (χ3v) is 4.37. The number of hydrogen-bond donors (Lipinski definition) is 3. The SMILES string of the molecule is CCCC(O)CNC(=O)NCC(C(C)C)N1CCN(C)CC1. The summed E-state index contributed by atoms with van der Waals surface area (Å²) in [6.45, 7) is 11.7. The van der Waals surface area contributed by atoms with E-state index in [0.717, 1.165) is 39.0 Å². The number of aliphatic hydroxyl groups excluding tert-OH is 1. The Morgan fingerprint density at radius 1 is 1.14 bits per heavy atom. The van der Waals surface area contributed by atoms with Crippen molar-refractivity contribution in [2.45, 2.75) is 45.8 Å². The van der Waals surface area contributed by atoms with Gasteiger partial charge in [0.05, 0.1) is 6.10 Å². The summed E-state index contributed by atoms with van der Waals surface area (Å²) in [5.41, 5.74) is 0. The van der Waals surface area contributed by atoms with Crippen LogP contribution in [0.5, 0.6) is 0 Å². The Kier molecular flexibility index (Phi) is 8.75. The fraction of sp³-hybridized carbons (Fsp3) is 0.938. The van der Waals surface area contributed by atoms with Gasteiger partial charge in [0.2, 0.25) is 0 Å². The molecule has 1 aliphatic rings. The molecule has 0 aromatic heterocycles. The van der Waals surface area contributed by atoms with Crippen molar-refractivity contribution >= 4 is 6.03 Å². The van der Waals surface area contributed by atoms with Gasteiger partial charge in [0.1, 0.15) is 0 Å². The molecule has 0 saturated carbocycles. The maximum absolute atomic E-state index is 11.9. The molecular weight excluding hydrogens is 280 g/mol. The highest BCUT2D eigenvalue weighted by Crippen LogP contribution is 2.12. The molecule has 22 heavy (non-hydrogen) atoms. The summed E-state index contributed by atoms with van der Waals surface area (Å²) in [4.78, 5) is 16.7. The number of urea groups is 1. The largest absolute Gasteiger partial charge is 0.391 e. The molecule has 1 rings (SSSR count). The maximum atomic E-state index is 11.9. The van der Waals surface area contributed by atoms with Crippen molar-refractivity contribution in [1.82, 2.24) is 20.4 Å². The molecule has 2 unspecified atom stereocenters. The number of likely N-dealkylation sites (N-methyl/N-ethyl adjacent to an activating group) is 1. The molecule has 0 bridgehead atoms. The normalized spacial score (nSPS) is 19.9. The minimum atomic E-state index is -0.450. The predicted molar refractivity (Wildman–Crippen MR) is 90.0 cm³/mol. The highest BCUT2D eigenvalue weighted by Gasteiger charge is 2.25. The van der Waals surface area contributed by atoms with Crippen LogP contribution in [0.25, 0.3) is 0 Å². The first kappa shape index (κ1) is 19.2. The van der Waals surface area contributed by atoms with E-state index >= 15 is 0 Å². The summed E-state index contributed by atoms with van der Waals surface area (Å²) >= 11 is 0. The van der Waals surface area contributed by atoms with E-state index in [2.05, 4.69) is 41.3 Å².